The molecule has 2 rings (SSSR count). The number of nitrogens with one attached hydrogen (secondary N) is 1. The first-order valence-electron chi connectivity index (χ1n) is 6.21. The summed E-state index contributed by atoms with van der Waals surface area (Å²) in [6.45, 7) is 0. The summed E-state index contributed by atoms with van der Waals surface area (Å²) in [5.41, 5.74) is 0.328. The average Bonchev–Trinajstić information content (AvgIpc) is 2.85. The molecule has 20 heavy (non-hydrogen) atoms. The van der Waals surface area contributed by atoms with Crippen molar-refractivity contribution in [1.82, 2.24) is 4.72 Å². The lowest BCUT2D eigenvalue weighted by Gasteiger charge is -2.14. The highest BCUT2D eigenvalue weighted by atomic mass is 35.5. The number of benzene rings is 1. The van der Waals surface area contributed by atoms with Crippen molar-refractivity contribution < 1.29 is 13.2 Å². The Morgan fingerprint density at radius 3 is 2.75 bits per heavy atom. The van der Waals surface area contributed by atoms with E-state index in [1.165, 1.54) is 18.2 Å². The second-order valence-electron chi connectivity index (χ2n) is 4.75. The quantitative estimate of drug-likeness (QED) is 0.922. The summed E-state index contributed by atoms with van der Waals surface area (Å²) >= 11 is 5.94. The van der Waals surface area contributed by atoms with Gasteiger partial charge in [-0.05, 0) is 37.5 Å². The van der Waals surface area contributed by atoms with E-state index in [1.54, 1.807) is 7.11 Å². The van der Waals surface area contributed by atoms with Crippen molar-refractivity contribution in [3.05, 3.63) is 28.8 Å². The van der Waals surface area contributed by atoms with Gasteiger partial charge in [0.1, 0.15) is 4.90 Å². The highest BCUT2D eigenvalue weighted by Crippen LogP contribution is 2.26. The van der Waals surface area contributed by atoms with Crippen LogP contribution in [-0.2, 0) is 14.8 Å². The molecule has 0 radical (unpaired) electrons. The molecule has 7 heteroatoms. The van der Waals surface area contributed by atoms with Crippen molar-refractivity contribution in [2.75, 3.05) is 7.11 Å². The van der Waals surface area contributed by atoms with Gasteiger partial charge in [0.15, 0.2) is 0 Å². The van der Waals surface area contributed by atoms with Gasteiger partial charge < -0.3 is 4.74 Å². The molecule has 0 saturated heterocycles. The van der Waals surface area contributed by atoms with Gasteiger partial charge in [0.05, 0.1) is 22.8 Å². The fourth-order valence-electron chi connectivity index (χ4n) is 2.33. The summed E-state index contributed by atoms with van der Waals surface area (Å²) in [6.07, 6.45) is 2.33. The van der Waals surface area contributed by atoms with Crippen LogP contribution in [0.5, 0.6) is 0 Å². The molecule has 0 aromatic heterocycles. The van der Waals surface area contributed by atoms with Gasteiger partial charge in [0.25, 0.3) is 0 Å². The number of sulfonamides is 1. The molecule has 0 bridgehead atoms. The maximum atomic E-state index is 12.3. The lowest BCUT2D eigenvalue weighted by molar-refractivity contribution is 0.107. The second-order valence-corrected chi connectivity index (χ2v) is 6.84. The molecule has 2 atom stereocenters. The number of rotatable bonds is 4. The van der Waals surface area contributed by atoms with Crippen LogP contribution < -0.4 is 4.72 Å². The minimum atomic E-state index is -3.68. The van der Waals surface area contributed by atoms with E-state index in [4.69, 9.17) is 21.6 Å². The SMILES string of the molecule is COC1CCC(NS(=O)(=O)c2ccc(C#N)cc2Cl)C1. The molecule has 0 aliphatic heterocycles. The fraction of sp³-hybridized carbons (Fsp3) is 0.462. The Labute approximate surface area is 123 Å². The number of nitrogens with zero attached hydrogens (tertiary/aromatic N) is 1. The number of nitriles is 1. The Morgan fingerprint density at radius 1 is 1.45 bits per heavy atom. The Morgan fingerprint density at radius 2 is 2.20 bits per heavy atom. The third-order valence-electron chi connectivity index (χ3n) is 3.39. The van der Waals surface area contributed by atoms with E-state index in [2.05, 4.69) is 4.72 Å². The fourth-order valence-corrected chi connectivity index (χ4v) is 4.16. The second kappa shape index (κ2) is 6.10. The molecule has 0 spiro atoms. The predicted octanol–water partition coefficient (Wildman–Crippen LogP) is 2.06. The molecular formula is C13H15ClN2O3S. The minimum absolute atomic E-state index is 0.000895. The molecule has 1 aromatic rings. The van der Waals surface area contributed by atoms with E-state index in [0.29, 0.717) is 12.0 Å². The van der Waals surface area contributed by atoms with Crippen molar-refractivity contribution in [1.29, 1.82) is 5.26 Å². The smallest absolute Gasteiger partial charge is 0.242 e. The normalized spacial score (nSPS) is 22.6. The number of hydrogen-bond donors (Lipinski definition) is 1. The first-order chi connectivity index (χ1) is 9.46. The standard InChI is InChI=1S/C13H15ClN2O3S/c1-19-11-4-3-10(7-11)16-20(17,18)13-5-2-9(8-15)6-12(13)14/h2,5-6,10-11,16H,3-4,7H2,1H3. The van der Waals surface area contributed by atoms with Gasteiger partial charge in [-0.15, -0.1) is 0 Å². The van der Waals surface area contributed by atoms with Crippen molar-refractivity contribution in [3.8, 4) is 6.07 Å². The van der Waals surface area contributed by atoms with Crippen LogP contribution in [0.15, 0.2) is 23.1 Å². The van der Waals surface area contributed by atoms with Crippen molar-refractivity contribution >= 4 is 21.6 Å². The van der Waals surface area contributed by atoms with Gasteiger partial charge in [-0.1, -0.05) is 11.6 Å². The summed E-state index contributed by atoms with van der Waals surface area (Å²) in [5.74, 6) is 0. The lowest BCUT2D eigenvalue weighted by atomic mass is 10.2. The third-order valence-corrected chi connectivity index (χ3v) is 5.39. The van der Waals surface area contributed by atoms with E-state index < -0.39 is 10.0 Å². The minimum Gasteiger partial charge on any atom is -0.381 e. The Hall–Kier alpha value is -1.13. The van der Waals surface area contributed by atoms with Crippen molar-refractivity contribution in [2.24, 2.45) is 0 Å². The van der Waals surface area contributed by atoms with Crippen molar-refractivity contribution in [2.45, 2.75) is 36.3 Å². The predicted molar refractivity (Wildman–Crippen MR) is 74.9 cm³/mol. The van der Waals surface area contributed by atoms with Gasteiger partial charge in [-0.2, -0.15) is 5.26 Å². The molecule has 1 aromatic carbocycles. The summed E-state index contributed by atoms with van der Waals surface area (Å²) in [6, 6.07) is 5.92. The largest absolute Gasteiger partial charge is 0.381 e. The summed E-state index contributed by atoms with van der Waals surface area (Å²) in [4.78, 5) is -0.000895. The van der Waals surface area contributed by atoms with Gasteiger partial charge in [-0.3, -0.25) is 0 Å². The molecule has 1 N–H and O–H groups in total. The molecule has 1 fully saturated rings. The Bertz CT molecular complexity index is 640. The molecule has 1 aliphatic rings. The molecule has 0 amide bonds. The Balaban J connectivity index is 2.17. The van der Waals surface area contributed by atoms with Gasteiger partial charge in [-0.25, -0.2) is 13.1 Å². The molecule has 1 saturated carbocycles. The van der Waals surface area contributed by atoms with Crippen LogP contribution in [0.3, 0.4) is 0 Å². The highest BCUT2D eigenvalue weighted by Gasteiger charge is 2.29. The summed E-state index contributed by atoms with van der Waals surface area (Å²) in [5, 5.41) is 8.81. The zero-order chi connectivity index (χ0) is 14.8. The molecule has 108 valence electrons. The van der Waals surface area contributed by atoms with E-state index >= 15 is 0 Å². The molecule has 1 aliphatic carbocycles. The monoisotopic (exact) mass is 314 g/mol. The molecule has 2 unspecified atom stereocenters. The maximum Gasteiger partial charge on any atom is 0.242 e. The van der Waals surface area contributed by atoms with Crippen molar-refractivity contribution in [3.63, 3.8) is 0 Å². The highest BCUT2D eigenvalue weighted by molar-refractivity contribution is 7.89. The average molecular weight is 315 g/mol. The van der Waals surface area contributed by atoms with Crippen LogP contribution in [0.4, 0.5) is 0 Å². The van der Waals surface area contributed by atoms with Gasteiger partial charge in [0, 0.05) is 13.2 Å². The van der Waals surface area contributed by atoms with Crippen LogP contribution in [0, 0.1) is 11.3 Å². The van der Waals surface area contributed by atoms with Gasteiger partial charge in [0.2, 0.25) is 10.0 Å². The number of hydrogen-bond acceptors (Lipinski definition) is 4. The zero-order valence-electron chi connectivity index (χ0n) is 11.0. The summed E-state index contributed by atoms with van der Waals surface area (Å²) < 4.78 is 32.4. The maximum absolute atomic E-state index is 12.3. The van der Waals surface area contributed by atoms with Crippen LogP contribution >= 0.6 is 11.6 Å². The number of halogens is 1. The first kappa shape index (κ1) is 15.3. The topological polar surface area (TPSA) is 79.2 Å². The number of ether oxygens (including phenoxy) is 1. The molecule has 0 heterocycles. The van der Waals surface area contributed by atoms with E-state index in [0.717, 1.165) is 12.8 Å². The van der Waals surface area contributed by atoms with E-state index in [-0.39, 0.29) is 22.1 Å². The van der Waals surface area contributed by atoms with Crippen LogP contribution in [0.2, 0.25) is 5.02 Å². The zero-order valence-corrected chi connectivity index (χ0v) is 12.5. The third kappa shape index (κ3) is 3.30. The molecular weight excluding hydrogens is 300 g/mol. The van der Waals surface area contributed by atoms with E-state index in [1.807, 2.05) is 6.07 Å². The first-order valence-corrected chi connectivity index (χ1v) is 8.07. The number of methoxy groups -OCH3 is 1. The van der Waals surface area contributed by atoms with E-state index in [9.17, 15) is 8.42 Å². The van der Waals surface area contributed by atoms with Crippen LogP contribution in [-0.4, -0.2) is 27.7 Å². The van der Waals surface area contributed by atoms with Gasteiger partial charge >= 0.3 is 0 Å². The summed E-state index contributed by atoms with van der Waals surface area (Å²) in [7, 11) is -2.05. The molecule has 5 nitrogen and oxygen atoms in total. The lowest BCUT2D eigenvalue weighted by Crippen LogP contribution is -2.33. The van der Waals surface area contributed by atoms with Crippen LogP contribution in [0.25, 0.3) is 0 Å². The Kier molecular flexibility index (Phi) is 4.66. The van der Waals surface area contributed by atoms with Crippen LogP contribution in [0.1, 0.15) is 24.8 Å².